The fourth-order valence-electron chi connectivity index (χ4n) is 2.43. The van der Waals surface area contributed by atoms with Crippen LogP contribution in [0.1, 0.15) is 26.3 Å². The van der Waals surface area contributed by atoms with Crippen LogP contribution in [0.25, 0.3) is 5.69 Å². The molecule has 0 aliphatic heterocycles. The Balaban J connectivity index is 1.84. The van der Waals surface area contributed by atoms with Gasteiger partial charge in [0, 0.05) is 19.3 Å². The fraction of sp³-hybridized carbons (Fsp3) is 0.444. The van der Waals surface area contributed by atoms with Gasteiger partial charge in [0.05, 0.1) is 24.0 Å². The standard InChI is InChI=1S/C18H26N4O2/c1-4-21(14-18(2,3)24)17(23)19-11-10-15-12-20-22(13-15)16-8-6-5-7-9-16/h5-9,12-13,24H,4,10-11,14H2,1-3H3,(H,19,23). The summed E-state index contributed by atoms with van der Waals surface area (Å²) in [4.78, 5) is 13.8. The average Bonchev–Trinajstić information content (AvgIpc) is 3.01. The molecule has 0 saturated carbocycles. The topological polar surface area (TPSA) is 70.4 Å². The smallest absolute Gasteiger partial charge is 0.317 e. The van der Waals surface area contributed by atoms with Crippen molar-refractivity contribution in [3.05, 3.63) is 48.3 Å². The summed E-state index contributed by atoms with van der Waals surface area (Å²) in [7, 11) is 0. The third kappa shape index (κ3) is 5.38. The third-order valence-electron chi connectivity index (χ3n) is 3.59. The van der Waals surface area contributed by atoms with Gasteiger partial charge in [0.2, 0.25) is 0 Å². The molecule has 24 heavy (non-hydrogen) atoms. The second-order valence-corrected chi connectivity index (χ2v) is 6.44. The number of carbonyl (C=O) groups is 1. The van der Waals surface area contributed by atoms with E-state index in [2.05, 4.69) is 10.4 Å². The Kier molecular flexibility index (Phi) is 5.98. The zero-order chi connectivity index (χ0) is 17.6. The van der Waals surface area contributed by atoms with E-state index >= 15 is 0 Å². The zero-order valence-corrected chi connectivity index (χ0v) is 14.6. The predicted molar refractivity (Wildman–Crippen MR) is 94.2 cm³/mol. The number of likely N-dealkylation sites (N-methyl/N-ethyl adjacent to an activating group) is 1. The van der Waals surface area contributed by atoms with Gasteiger partial charge in [-0.2, -0.15) is 5.10 Å². The molecule has 1 aromatic heterocycles. The summed E-state index contributed by atoms with van der Waals surface area (Å²) in [5.41, 5.74) is 1.17. The number of para-hydroxylation sites is 1. The molecule has 2 aromatic rings. The summed E-state index contributed by atoms with van der Waals surface area (Å²) in [5, 5.41) is 17.1. The summed E-state index contributed by atoms with van der Waals surface area (Å²) >= 11 is 0. The van der Waals surface area contributed by atoms with E-state index in [0.717, 1.165) is 11.3 Å². The molecule has 2 amide bonds. The molecule has 0 atom stereocenters. The quantitative estimate of drug-likeness (QED) is 0.818. The lowest BCUT2D eigenvalue weighted by molar-refractivity contribution is 0.0480. The molecule has 0 unspecified atom stereocenters. The molecule has 0 bridgehead atoms. The van der Waals surface area contributed by atoms with Gasteiger partial charge in [0.25, 0.3) is 0 Å². The van der Waals surface area contributed by atoms with Gasteiger partial charge in [-0.25, -0.2) is 9.48 Å². The monoisotopic (exact) mass is 330 g/mol. The molecule has 1 aromatic carbocycles. The molecule has 0 radical (unpaired) electrons. The molecule has 0 fully saturated rings. The summed E-state index contributed by atoms with van der Waals surface area (Å²) in [6, 6.07) is 9.74. The van der Waals surface area contributed by atoms with Gasteiger partial charge in [0.15, 0.2) is 0 Å². The molecule has 6 heteroatoms. The van der Waals surface area contributed by atoms with E-state index in [4.69, 9.17) is 0 Å². The predicted octanol–water partition coefficient (Wildman–Crippen LogP) is 2.22. The zero-order valence-electron chi connectivity index (χ0n) is 14.6. The highest BCUT2D eigenvalue weighted by molar-refractivity contribution is 5.74. The number of carbonyl (C=O) groups excluding carboxylic acids is 1. The Hall–Kier alpha value is -2.34. The molecular formula is C18H26N4O2. The molecule has 2 N–H and O–H groups in total. The van der Waals surface area contributed by atoms with Crippen LogP contribution in [-0.4, -0.2) is 51.1 Å². The number of aliphatic hydroxyl groups is 1. The fourth-order valence-corrected chi connectivity index (χ4v) is 2.43. The lowest BCUT2D eigenvalue weighted by Crippen LogP contribution is -2.47. The van der Waals surface area contributed by atoms with Gasteiger partial charge < -0.3 is 15.3 Å². The van der Waals surface area contributed by atoms with E-state index in [1.165, 1.54) is 0 Å². The molecular weight excluding hydrogens is 304 g/mol. The first-order valence-electron chi connectivity index (χ1n) is 8.23. The first kappa shape index (κ1) is 18.0. The van der Waals surface area contributed by atoms with Gasteiger partial charge in [-0.1, -0.05) is 18.2 Å². The Morgan fingerprint density at radius 2 is 2.04 bits per heavy atom. The van der Waals surface area contributed by atoms with Crippen molar-refractivity contribution < 1.29 is 9.90 Å². The molecule has 130 valence electrons. The SMILES string of the molecule is CCN(CC(C)(C)O)C(=O)NCCc1cnn(-c2ccccc2)c1. The van der Waals surface area contributed by atoms with Gasteiger partial charge in [-0.05, 0) is 44.9 Å². The highest BCUT2D eigenvalue weighted by Crippen LogP contribution is 2.08. The van der Waals surface area contributed by atoms with E-state index in [-0.39, 0.29) is 6.03 Å². The van der Waals surface area contributed by atoms with E-state index in [1.54, 1.807) is 18.7 Å². The average molecular weight is 330 g/mol. The molecule has 0 aliphatic rings. The minimum Gasteiger partial charge on any atom is -0.389 e. The van der Waals surface area contributed by atoms with Gasteiger partial charge in [-0.15, -0.1) is 0 Å². The maximum atomic E-state index is 12.2. The summed E-state index contributed by atoms with van der Waals surface area (Å²) in [6.45, 7) is 6.68. The summed E-state index contributed by atoms with van der Waals surface area (Å²) in [6.07, 6.45) is 4.49. The molecule has 1 heterocycles. The van der Waals surface area contributed by atoms with E-state index in [0.29, 0.717) is 26.1 Å². The molecule has 0 spiro atoms. The number of hydrogen-bond acceptors (Lipinski definition) is 3. The number of nitrogens with one attached hydrogen (secondary N) is 1. The summed E-state index contributed by atoms with van der Waals surface area (Å²) in [5.74, 6) is 0. The maximum Gasteiger partial charge on any atom is 0.317 e. The number of nitrogens with zero attached hydrogens (tertiary/aromatic N) is 3. The lowest BCUT2D eigenvalue weighted by atomic mass is 10.1. The Bertz CT molecular complexity index is 647. The van der Waals surface area contributed by atoms with Crippen LogP contribution in [0.15, 0.2) is 42.7 Å². The van der Waals surface area contributed by atoms with Gasteiger partial charge in [0.1, 0.15) is 0 Å². The minimum atomic E-state index is -0.899. The van der Waals surface area contributed by atoms with Crippen LogP contribution >= 0.6 is 0 Å². The van der Waals surface area contributed by atoms with Crippen molar-refractivity contribution in [2.45, 2.75) is 32.8 Å². The first-order valence-corrected chi connectivity index (χ1v) is 8.23. The Morgan fingerprint density at radius 3 is 2.67 bits per heavy atom. The van der Waals surface area contributed by atoms with Crippen molar-refractivity contribution >= 4 is 6.03 Å². The van der Waals surface area contributed by atoms with Gasteiger partial charge >= 0.3 is 6.03 Å². The van der Waals surface area contributed by atoms with E-state index in [1.807, 2.05) is 54.3 Å². The Labute approximate surface area is 143 Å². The third-order valence-corrected chi connectivity index (χ3v) is 3.59. The van der Waals surface area contributed by atoms with Crippen LogP contribution in [-0.2, 0) is 6.42 Å². The normalized spacial score (nSPS) is 11.3. The van der Waals surface area contributed by atoms with Crippen molar-refractivity contribution in [1.82, 2.24) is 20.0 Å². The Morgan fingerprint density at radius 1 is 1.33 bits per heavy atom. The van der Waals surface area contributed by atoms with Gasteiger partial charge in [-0.3, -0.25) is 0 Å². The van der Waals surface area contributed by atoms with E-state index < -0.39 is 5.60 Å². The van der Waals surface area contributed by atoms with Crippen molar-refractivity contribution in [3.63, 3.8) is 0 Å². The molecule has 0 aliphatic carbocycles. The highest BCUT2D eigenvalue weighted by atomic mass is 16.3. The van der Waals surface area contributed by atoms with Crippen molar-refractivity contribution in [1.29, 1.82) is 0 Å². The van der Waals surface area contributed by atoms with Crippen LogP contribution in [0.4, 0.5) is 4.79 Å². The number of amides is 2. The molecule has 6 nitrogen and oxygen atoms in total. The second-order valence-electron chi connectivity index (χ2n) is 6.44. The van der Waals surface area contributed by atoms with Crippen molar-refractivity contribution in [2.75, 3.05) is 19.6 Å². The van der Waals surface area contributed by atoms with Crippen LogP contribution < -0.4 is 5.32 Å². The minimum absolute atomic E-state index is 0.157. The van der Waals surface area contributed by atoms with Crippen molar-refractivity contribution in [2.24, 2.45) is 0 Å². The molecule has 0 saturated heterocycles. The number of urea groups is 1. The molecule has 2 rings (SSSR count). The van der Waals surface area contributed by atoms with E-state index in [9.17, 15) is 9.90 Å². The van der Waals surface area contributed by atoms with Crippen LogP contribution in [0.3, 0.4) is 0 Å². The van der Waals surface area contributed by atoms with Crippen molar-refractivity contribution in [3.8, 4) is 5.69 Å². The highest BCUT2D eigenvalue weighted by Gasteiger charge is 2.20. The summed E-state index contributed by atoms with van der Waals surface area (Å²) < 4.78 is 1.82. The largest absolute Gasteiger partial charge is 0.389 e. The number of aromatic nitrogens is 2. The van der Waals surface area contributed by atoms with Crippen LogP contribution in [0, 0.1) is 0 Å². The number of rotatable bonds is 7. The number of benzene rings is 1. The van der Waals surface area contributed by atoms with Crippen LogP contribution in [0.2, 0.25) is 0 Å². The first-order chi connectivity index (χ1) is 11.4. The van der Waals surface area contributed by atoms with Crippen LogP contribution in [0.5, 0.6) is 0 Å². The lowest BCUT2D eigenvalue weighted by Gasteiger charge is -2.28. The second kappa shape index (κ2) is 7.97. The maximum absolute atomic E-state index is 12.2. The number of hydrogen-bond donors (Lipinski definition) is 2.